The average molecular weight is 397 g/mol. The van der Waals surface area contributed by atoms with Crippen LogP contribution in [0.4, 0.5) is 0 Å². The van der Waals surface area contributed by atoms with E-state index in [9.17, 15) is 4.79 Å². The number of imidazole rings is 1. The molecule has 0 spiro atoms. The van der Waals surface area contributed by atoms with Gasteiger partial charge in [-0.3, -0.25) is 9.79 Å². The lowest BCUT2D eigenvalue weighted by Crippen LogP contribution is -2.34. The van der Waals surface area contributed by atoms with E-state index in [-0.39, 0.29) is 5.41 Å². The van der Waals surface area contributed by atoms with E-state index < -0.39 is 0 Å². The van der Waals surface area contributed by atoms with Crippen LogP contribution in [0.25, 0.3) is 11.0 Å². The second kappa shape index (κ2) is 7.74. The zero-order valence-electron chi connectivity index (χ0n) is 16.9. The van der Waals surface area contributed by atoms with Gasteiger partial charge in [-0.25, -0.2) is 4.98 Å². The first-order valence-electron chi connectivity index (χ1n) is 10.0. The van der Waals surface area contributed by atoms with Crippen molar-refractivity contribution in [2.75, 3.05) is 19.6 Å². The van der Waals surface area contributed by atoms with Crippen molar-refractivity contribution in [1.82, 2.24) is 14.5 Å². The molecule has 1 aromatic heterocycles. The topological polar surface area (TPSA) is 50.5 Å². The lowest BCUT2D eigenvalue weighted by atomic mass is 9.93. The van der Waals surface area contributed by atoms with E-state index in [2.05, 4.69) is 54.6 Å². The fraction of sp³-hybridized carbons (Fsp3) is 0.500. The van der Waals surface area contributed by atoms with Gasteiger partial charge in [0.05, 0.1) is 17.6 Å². The highest BCUT2D eigenvalue weighted by molar-refractivity contribution is 8.04. The maximum Gasteiger partial charge on any atom is 0.209 e. The summed E-state index contributed by atoms with van der Waals surface area (Å²) in [6.45, 7) is 10.2. The zero-order valence-corrected chi connectivity index (χ0v) is 17.7. The summed E-state index contributed by atoms with van der Waals surface area (Å²) < 4.78 is 2.42. The predicted molar refractivity (Wildman–Crippen MR) is 116 cm³/mol. The first-order chi connectivity index (χ1) is 13.4. The van der Waals surface area contributed by atoms with Crippen molar-refractivity contribution in [3.8, 4) is 0 Å². The molecular weight excluding hydrogens is 368 g/mol. The molecule has 0 saturated carbocycles. The number of rotatable bonds is 5. The number of allylic oxidation sites excluding steroid dienone is 1. The highest BCUT2D eigenvalue weighted by Gasteiger charge is 2.26. The van der Waals surface area contributed by atoms with Gasteiger partial charge in [0, 0.05) is 41.1 Å². The van der Waals surface area contributed by atoms with Crippen molar-refractivity contribution in [1.29, 1.82) is 0 Å². The van der Waals surface area contributed by atoms with Crippen LogP contribution in [0.5, 0.6) is 0 Å². The van der Waals surface area contributed by atoms with Gasteiger partial charge >= 0.3 is 0 Å². The van der Waals surface area contributed by atoms with Gasteiger partial charge in [-0.05, 0) is 43.0 Å². The number of benzene rings is 1. The number of carbonyl (C=O) groups is 1. The molecule has 28 heavy (non-hydrogen) atoms. The van der Waals surface area contributed by atoms with Crippen LogP contribution in [0.1, 0.15) is 39.4 Å². The zero-order chi connectivity index (χ0) is 19.7. The van der Waals surface area contributed by atoms with E-state index in [1.807, 2.05) is 11.1 Å². The molecule has 6 heteroatoms. The van der Waals surface area contributed by atoms with Crippen LogP contribution in [0, 0.1) is 5.92 Å². The van der Waals surface area contributed by atoms with Gasteiger partial charge < -0.3 is 9.47 Å². The first kappa shape index (κ1) is 19.2. The summed E-state index contributed by atoms with van der Waals surface area (Å²) in [6, 6.07) is 6.61. The Morgan fingerprint density at radius 2 is 2.04 bits per heavy atom. The lowest BCUT2D eigenvalue weighted by Gasteiger charge is -2.31. The van der Waals surface area contributed by atoms with E-state index in [1.54, 1.807) is 11.8 Å². The fourth-order valence-corrected chi connectivity index (χ4v) is 4.84. The molecular formula is C22H28N4OS. The minimum atomic E-state index is -0.0174. The number of fused-ring (bicyclic) bond motifs is 1. The van der Waals surface area contributed by atoms with Crippen LogP contribution in [0.2, 0.25) is 0 Å². The van der Waals surface area contributed by atoms with Crippen molar-refractivity contribution < 1.29 is 4.79 Å². The second-order valence-corrected chi connectivity index (χ2v) is 9.88. The van der Waals surface area contributed by atoms with Gasteiger partial charge in [-0.2, -0.15) is 0 Å². The Bertz CT molecular complexity index is 930. The Morgan fingerprint density at radius 1 is 1.25 bits per heavy atom. The monoisotopic (exact) mass is 396 g/mol. The number of likely N-dealkylation sites (tertiary alicyclic amines) is 1. The Labute approximate surface area is 170 Å². The van der Waals surface area contributed by atoms with Crippen LogP contribution in [0.3, 0.4) is 0 Å². The number of thioether (sulfide) groups is 1. The van der Waals surface area contributed by atoms with E-state index in [0.717, 1.165) is 56.8 Å². The molecule has 0 unspecified atom stereocenters. The van der Waals surface area contributed by atoms with E-state index >= 15 is 0 Å². The van der Waals surface area contributed by atoms with Crippen LogP contribution >= 0.6 is 11.8 Å². The average Bonchev–Trinajstić information content (AvgIpc) is 3.30. The molecule has 148 valence electrons. The second-order valence-electron chi connectivity index (χ2n) is 8.73. The van der Waals surface area contributed by atoms with Crippen molar-refractivity contribution in [3.05, 3.63) is 35.0 Å². The minimum Gasteiger partial charge on any atom is -0.345 e. The Morgan fingerprint density at radius 3 is 2.68 bits per heavy atom. The summed E-state index contributed by atoms with van der Waals surface area (Å²) in [4.78, 5) is 24.6. The molecule has 1 saturated heterocycles. The minimum absolute atomic E-state index is 0.0174. The highest BCUT2D eigenvalue weighted by atomic mass is 32.2. The van der Waals surface area contributed by atoms with Gasteiger partial charge in [-0.15, -0.1) is 0 Å². The number of aliphatic imine (C=N–C) groups is 1. The SMILES string of the molecule is CC(C)(C)c1nc2cc(SC3=CCN=C3)ccc2n1CC1CCN(C=O)CC1. The summed E-state index contributed by atoms with van der Waals surface area (Å²) in [5.74, 6) is 1.73. The van der Waals surface area contributed by atoms with Gasteiger partial charge in [-0.1, -0.05) is 32.5 Å². The third kappa shape index (κ3) is 4.02. The van der Waals surface area contributed by atoms with Crippen LogP contribution in [0.15, 0.2) is 39.1 Å². The molecule has 2 aromatic rings. The highest BCUT2D eigenvalue weighted by Crippen LogP contribution is 2.33. The third-order valence-electron chi connectivity index (χ3n) is 5.48. The molecule has 1 fully saturated rings. The summed E-state index contributed by atoms with van der Waals surface area (Å²) >= 11 is 1.75. The molecule has 0 radical (unpaired) electrons. The van der Waals surface area contributed by atoms with Crippen LogP contribution in [-0.4, -0.2) is 46.7 Å². The molecule has 0 bridgehead atoms. The van der Waals surface area contributed by atoms with E-state index in [4.69, 9.17) is 4.98 Å². The molecule has 0 atom stereocenters. The molecule has 1 amide bonds. The first-order valence-corrected chi connectivity index (χ1v) is 10.8. The molecule has 1 aromatic carbocycles. The number of carbonyl (C=O) groups excluding carboxylic acids is 1. The number of nitrogens with zero attached hydrogens (tertiary/aromatic N) is 4. The number of aromatic nitrogens is 2. The Hall–Kier alpha value is -2.08. The van der Waals surface area contributed by atoms with Crippen LogP contribution < -0.4 is 0 Å². The normalized spacial score (nSPS) is 18.1. The molecule has 3 heterocycles. The largest absolute Gasteiger partial charge is 0.345 e. The van der Waals surface area contributed by atoms with Gasteiger partial charge in [0.2, 0.25) is 6.41 Å². The van der Waals surface area contributed by atoms with Gasteiger partial charge in [0.25, 0.3) is 0 Å². The molecule has 2 aliphatic rings. The van der Waals surface area contributed by atoms with Gasteiger partial charge in [0.1, 0.15) is 5.82 Å². The summed E-state index contributed by atoms with van der Waals surface area (Å²) in [5, 5.41) is 0. The number of piperidine rings is 1. The predicted octanol–water partition coefficient (Wildman–Crippen LogP) is 4.26. The van der Waals surface area contributed by atoms with Crippen molar-refractivity contribution in [2.45, 2.75) is 50.5 Å². The summed E-state index contributed by atoms with van der Waals surface area (Å²) in [5.41, 5.74) is 2.26. The molecule has 2 aliphatic heterocycles. The Balaban J connectivity index is 1.63. The quantitative estimate of drug-likeness (QED) is 0.710. The molecule has 4 rings (SSSR count). The maximum absolute atomic E-state index is 11.0. The maximum atomic E-state index is 11.0. The van der Waals surface area contributed by atoms with Crippen molar-refractivity contribution in [3.63, 3.8) is 0 Å². The summed E-state index contributed by atoms with van der Waals surface area (Å²) in [7, 11) is 0. The Kier molecular flexibility index (Phi) is 5.32. The number of amides is 1. The number of hydrogen-bond acceptors (Lipinski definition) is 4. The molecule has 5 nitrogen and oxygen atoms in total. The summed E-state index contributed by atoms with van der Waals surface area (Å²) in [6.07, 6.45) is 7.19. The molecule has 0 N–H and O–H groups in total. The third-order valence-corrected chi connectivity index (χ3v) is 6.48. The van der Waals surface area contributed by atoms with Crippen molar-refractivity contribution >= 4 is 35.4 Å². The van der Waals surface area contributed by atoms with E-state index in [1.165, 1.54) is 15.3 Å². The smallest absolute Gasteiger partial charge is 0.209 e. The fourth-order valence-electron chi connectivity index (χ4n) is 3.97. The lowest BCUT2D eigenvalue weighted by molar-refractivity contribution is -0.119. The van der Waals surface area contributed by atoms with Crippen molar-refractivity contribution in [2.24, 2.45) is 10.9 Å². The molecule has 0 aliphatic carbocycles. The van der Waals surface area contributed by atoms with Crippen LogP contribution in [-0.2, 0) is 16.8 Å². The van der Waals surface area contributed by atoms with Gasteiger partial charge in [0.15, 0.2) is 0 Å². The standard InChI is InChI=1S/C22H28N4OS/c1-22(2,3)21-24-19-12-17(28-18-6-9-23-13-18)4-5-20(19)26(21)14-16-7-10-25(15-27)11-8-16/h4-6,12-13,15-16H,7-11,14H2,1-3H3. The number of hydrogen-bond donors (Lipinski definition) is 0. The van der Waals surface area contributed by atoms with E-state index in [0.29, 0.717) is 5.92 Å².